The van der Waals surface area contributed by atoms with Gasteiger partial charge in [0.15, 0.2) is 0 Å². The van der Waals surface area contributed by atoms with E-state index in [-0.39, 0.29) is 4.47 Å². The minimum atomic E-state index is -5.12. The maximum absolute atomic E-state index is 15.2. The molecule has 0 aliphatic carbocycles. The summed E-state index contributed by atoms with van der Waals surface area (Å²) in [6.07, 6.45) is -5.12. The summed E-state index contributed by atoms with van der Waals surface area (Å²) < 4.78 is 66.4. The van der Waals surface area contributed by atoms with Gasteiger partial charge in [-0.1, -0.05) is 46.3 Å². The smallest absolute Gasteiger partial charge is 0.418 e. The summed E-state index contributed by atoms with van der Waals surface area (Å²) in [6.45, 7) is 0. The van der Waals surface area contributed by atoms with Crippen LogP contribution < -0.4 is 10.6 Å². The van der Waals surface area contributed by atoms with Crippen molar-refractivity contribution in [1.29, 1.82) is 5.26 Å². The van der Waals surface area contributed by atoms with E-state index in [4.69, 9.17) is 15.2 Å². The number of hydrogen-bond donors (Lipinski definition) is 1. The molecule has 0 spiro atoms. The lowest BCUT2D eigenvalue weighted by Crippen LogP contribution is -2.42. The molecular formula is C23H16BrF4N3O4. The Morgan fingerprint density at radius 3 is 2.23 bits per heavy atom. The largest absolute Gasteiger partial charge is 0.466 e. The van der Waals surface area contributed by atoms with Gasteiger partial charge in [-0.2, -0.15) is 18.4 Å². The van der Waals surface area contributed by atoms with E-state index in [1.54, 1.807) is 24.3 Å². The predicted octanol–water partition coefficient (Wildman–Crippen LogP) is 4.50. The molecule has 1 unspecified atom stereocenters. The molecule has 12 heteroatoms. The van der Waals surface area contributed by atoms with Crippen molar-refractivity contribution in [2.45, 2.75) is 12.1 Å². The van der Waals surface area contributed by atoms with Crippen LogP contribution in [0.15, 0.2) is 69.6 Å². The van der Waals surface area contributed by atoms with Crippen LogP contribution in [0.2, 0.25) is 0 Å². The van der Waals surface area contributed by atoms with Gasteiger partial charge in [-0.3, -0.25) is 4.90 Å². The second-order valence-corrected chi connectivity index (χ2v) is 8.03. The first-order chi connectivity index (χ1) is 16.5. The first-order valence-electron chi connectivity index (χ1n) is 9.69. The molecule has 1 aliphatic rings. The van der Waals surface area contributed by atoms with Gasteiger partial charge in [0.05, 0.1) is 48.6 Å². The van der Waals surface area contributed by atoms with Gasteiger partial charge in [-0.25, -0.2) is 14.0 Å². The maximum atomic E-state index is 15.2. The third-order valence-electron chi connectivity index (χ3n) is 5.17. The number of carbonyl (C=O) groups is 2. The monoisotopic (exact) mass is 553 g/mol. The first kappa shape index (κ1) is 25.8. The number of alkyl halides is 3. The molecule has 182 valence electrons. The molecule has 0 amide bonds. The van der Waals surface area contributed by atoms with Gasteiger partial charge in [0.25, 0.3) is 0 Å². The number of carbonyl (C=O) groups excluding carboxylic acids is 2. The fourth-order valence-electron chi connectivity index (χ4n) is 3.75. The summed E-state index contributed by atoms with van der Waals surface area (Å²) in [4.78, 5) is 26.2. The highest BCUT2D eigenvalue weighted by Gasteiger charge is 2.46. The Bertz CT molecular complexity index is 1300. The summed E-state index contributed by atoms with van der Waals surface area (Å²) >= 11 is 2.82. The zero-order chi connectivity index (χ0) is 26.1. The van der Waals surface area contributed by atoms with E-state index >= 15 is 4.39 Å². The molecule has 3 rings (SSSR count). The van der Waals surface area contributed by atoms with Crippen molar-refractivity contribution in [2.24, 2.45) is 5.73 Å². The van der Waals surface area contributed by atoms with Gasteiger partial charge in [-0.05, 0) is 17.7 Å². The van der Waals surface area contributed by atoms with Crippen LogP contribution in [0.4, 0.5) is 23.2 Å². The molecule has 0 radical (unpaired) electrons. The number of halogens is 5. The van der Waals surface area contributed by atoms with E-state index in [0.29, 0.717) is 16.5 Å². The van der Waals surface area contributed by atoms with Gasteiger partial charge >= 0.3 is 18.1 Å². The molecule has 2 aromatic carbocycles. The lowest BCUT2D eigenvalue weighted by molar-refractivity contribution is -0.140. The van der Waals surface area contributed by atoms with E-state index in [1.165, 1.54) is 12.1 Å². The Labute approximate surface area is 205 Å². The first-order valence-corrected chi connectivity index (χ1v) is 10.5. The Morgan fingerprint density at radius 1 is 1.11 bits per heavy atom. The molecule has 1 atom stereocenters. The van der Waals surface area contributed by atoms with Gasteiger partial charge < -0.3 is 15.2 Å². The molecule has 2 N–H and O–H groups in total. The standard InChI is InChI=1S/C23H16BrF4N3O4/c1-34-21(32)17-16(11-6-4-3-5-7-11)13(10-29)20(30)31(19(17)22(33)35-2)18-14(23(26,27)28)8-12(24)9-15(18)25/h3-9,16H,30H2,1-2H3. The van der Waals surface area contributed by atoms with E-state index in [2.05, 4.69) is 15.9 Å². The maximum Gasteiger partial charge on any atom is 0.418 e. The van der Waals surface area contributed by atoms with E-state index in [1.807, 2.05) is 0 Å². The molecule has 35 heavy (non-hydrogen) atoms. The Hall–Kier alpha value is -3.85. The van der Waals surface area contributed by atoms with Crippen molar-refractivity contribution in [2.75, 3.05) is 19.1 Å². The number of nitrogens with zero attached hydrogens (tertiary/aromatic N) is 2. The van der Waals surface area contributed by atoms with E-state index in [0.717, 1.165) is 20.3 Å². The number of rotatable bonds is 4. The quantitative estimate of drug-likeness (QED) is 0.438. The van der Waals surface area contributed by atoms with Crippen molar-refractivity contribution in [3.63, 3.8) is 0 Å². The fraction of sp³-hybridized carbons (Fsp3) is 0.174. The third-order valence-corrected chi connectivity index (χ3v) is 5.63. The highest BCUT2D eigenvalue weighted by molar-refractivity contribution is 9.10. The minimum Gasteiger partial charge on any atom is -0.466 e. The number of nitriles is 1. The normalized spacial score (nSPS) is 16.2. The second-order valence-electron chi connectivity index (χ2n) is 7.12. The van der Waals surface area contributed by atoms with Gasteiger partial charge in [-0.15, -0.1) is 0 Å². The van der Waals surface area contributed by atoms with Crippen molar-refractivity contribution in [1.82, 2.24) is 0 Å². The molecule has 1 heterocycles. The van der Waals surface area contributed by atoms with Crippen LogP contribution >= 0.6 is 15.9 Å². The number of esters is 2. The number of benzene rings is 2. The summed E-state index contributed by atoms with van der Waals surface area (Å²) in [6, 6.07) is 10.9. The van der Waals surface area contributed by atoms with Crippen LogP contribution in [0.3, 0.4) is 0 Å². The molecule has 0 saturated carbocycles. The zero-order valence-electron chi connectivity index (χ0n) is 18.1. The molecular weight excluding hydrogens is 538 g/mol. The molecule has 0 aromatic heterocycles. The summed E-state index contributed by atoms with van der Waals surface area (Å²) in [5.74, 6) is -5.90. The third kappa shape index (κ3) is 4.59. The second kappa shape index (κ2) is 9.79. The molecule has 1 aliphatic heterocycles. The van der Waals surface area contributed by atoms with Crippen LogP contribution in [0.5, 0.6) is 0 Å². The molecule has 0 saturated heterocycles. The van der Waals surface area contributed by atoms with Crippen molar-refractivity contribution in [3.8, 4) is 6.07 Å². The number of anilines is 1. The molecule has 2 aromatic rings. The summed E-state index contributed by atoms with van der Waals surface area (Å²) in [5, 5.41) is 9.93. The van der Waals surface area contributed by atoms with Crippen LogP contribution in [0.25, 0.3) is 0 Å². The van der Waals surface area contributed by atoms with Crippen LogP contribution in [0, 0.1) is 17.1 Å². The zero-order valence-corrected chi connectivity index (χ0v) is 19.7. The fourth-order valence-corrected chi connectivity index (χ4v) is 4.18. The number of hydrogen-bond acceptors (Lipinski definition) is 7. The Kier molecular flexibility index (Phi) is 7.21. The average molecular weight is 554 g/mol. The average Bonchev–Trinajstić information content (AvgIpc) is 2.82. The topological polar surface area (TPSA) is 106 Å². The van der Waals surface area contributed by atoms with E-state index < -0.39 is 63.8 Å². The van der Waals surface area contributed by atoms with Crippen molar-refractivity contribution in [3.05, 3.63) is 86.5 Å². The van der Waals surface area contributed by atoms with Crippen molar-refractivity contribution >= 4 is 33.6 Å². The Morgan fingerprint density at radius 2 is 1.71 bits per heavy atom. The lowest BCUT2D eigenvalue weighted by atomic mass is 9.80. The SMILES string of the molecule is COC(=O)C1=C(C(=O)OC)N(c2c(F)cc(Br)cc2C(F)(F)F)C(N)=C(C#N)C1c1ccccc1. The van der Waals surface area contributed by atoms with Gasteiger partial charge in [0.1, 0.15) is 17.3 Å². The Balaban J connectivity index is 2.54. The number of ether oxygens (including phenoxy) is 2. The highest BCUT2D eigenvalue weighted by atomic mass is 79.9. The predicted molar refractivity (Wildman–Crippen MR) is 119 cm³/mol. The van der Waals surface area contributed by atoms with Crippen LogP contribution in [-0.4, -0.2) is 26.2 Å². The van der Waals surface area contributed by atoms with Crippen LogP contribution in [-0.2, 0) is 25.2 Å². The number of methoxy groups -OCH3 is 2. The number of nitrogens with two attached hydrogens (primary N) is 1. The molecule has 0 fully saturated rings. The van der Waals surface area contributed by atoms with Gasteiger partial charge in [0.2, 0.25) is 0 Å². The van der Waals surface area contributed by atoms with E-state index in [9.17, 15) is 28.0 Å². The summed E-state index contributed by atoms with van der Waals surface area (Å²) in [5.41, 5.74) is 1.96. The molecule has 7 nitrogen and oxygen atoms in total. The summed E-state index contributed by atoms with van der Waals surface area (Å²) in [7, 11) is 1.90. The lowest BCUT2D eigenvalue weighted by Gasteiger charge is -2.37. The highest BCUT2D eigenvalue weighted by Crippen LogP contribution is 2.47. The number of allylic oxidation sites excluding steroid dienone is 1. The van der Waals surface area contributed by atoms with Crippen molar-refractivity contribution < 1.29 is 36.6 Å². The molecule has 0 bridgehead atoms. The van der Waals surface area contributed by atoms with Gasteiger partial charge in [0, 0.05) is 4.47 Å². The van der Waals surface area contributed by atoms with Crippen LogP contribution in [0.1, 0.15) is 17.0 Å². The minimum absolute atomic E-state index is 0.245.